The van der Waals surface area contributed by atoms with Crippen LogP contribution in [0.3, 0.4) is 0 Å². The minimum atomic E-state index is -4.18. The van der Waals surface area contributed by atoms with Gasteiger partial charge in [0.2, 0.25) is 11.8 Å². The Hall–Kier alpha value is -3.33. The summed E-state index contributed by atoms with van der Waals surface area (Å²) in [6.45, 7) is 4.74. The summed E-state index contributed by atoms with van der Waals surface area (Å²) in [4.78, 5) is 24.6. The first-order valence-corrected chi connectivity index (χ1v) is 13.6. The molecular weight excluding hydrogens is 533 g/mol. The number of para-hydroxylation sites is 1. The molecule has 1 saturated heterocycles. The Morgan fingerprint density at radius 3 is 2.72 bits per heavy atom. The molecule has 6 atom stereocenters. The molecule has 3 heterocycles. The normalized spacial score (nSPS) is 25.2. The summed E-state index contributed by atoms with van der Waals surface area (Å²) < 4.78 is 42.7. The number of carbonyl (C=O) groups is 1. The van der Waals surface area contributed by atoms with Crippen molar-refractivity contribution >= 4 is 30.8 Å². The highest BCUT2D eigenvalue weighted by atomic mass is 31.2. The second-order valence-corrected chi connectivity index (χ2v) is 10.7. The second-order valence-electron chi connectivity index (χ2n) is 9.05. The van der Waals surface area contributed by atoms with Crippen LogP contribution >= 0.6 is 7.75 Å². The topological polar surface area (TPSA) is 208 Å². The molecule has 212 valence electrons. The Morgan fingerprint density at radius 2 is 2.05 bits per heavy atom. The van der Waals surface area contributed by atoms with E-state index in [0.29, 0.717) is 12.1 Å². The van der Waals surface area contributed by atoms with Crippen LogP contribution in [0.1, 0.15) is 27.0 Å². The standard InChI is InChI=1S/C23H32N7O8P/c1-5-35-19-16-18(27-22(24)28-19)30(12-26-16)21-23(3,25)17(31)15(37-21)11-36-39(33,29-13(2)20(32)34-4)38-14-9-7-6-8-10-14/h6-10,12-13,15,17,21,31H,5,11,25H2,1-4H3,(H,29,33)(H2,24,27,28). The first-order valence-electron chi connectivity index (χ1n) is 12.1. The molecule has 39 heavy (non-hydrogen) atoms. The van der Waals surface area contributed by atoms with Gasteiger partial charge in [-0.15, -0.1) is 0 Å². The minimum absolute atomic E-state index is 0.0466. The van der Waals surface area contributed by atoms with Crippen molar-refractivity contribution in [2.24, 2.45) is 5.73 Å². The first kappa shape index (κ1) is 28.7. The number of fused-ring (bicyclic) bond motifs is 1. The lowest BCUT2D eigenvalue weighted by molar-refractivity contribution is -0.142. The molecule has 6 unspecified atom stereocenters. The summed E-state index contributed by atoms with van der Waals surface area (Å²) >= 11 is 0. The summed E-state index contributed by atoms with van der Waals surface area (Å²) in [6.07, 6.45) is -1.90. The van der Waals surface area contributed by atoms with Crippen LogP contribution in [0.25, 0.3) is 11.2 Å². The number of nitrogen functional groups attached to an aromatic ring is 1. The molecule has 1 aliphatic heterocycles. The number of imidazole rings is 1. The predicted molar refractivity (Wildman–Crippen MR) is 139 cm³/mol. The van der Waals surface area contributed by atoms with Crippen LogP contribution in [0.15, 0.2) is 36.7 Å². The van der Waals surface area contributed by atoms with Crippen LogP contribution in [0.4, 0.5) is 5.95 Å². The van der Waals surface area contributed by atoms with Crippen LogP contribution in [0.5, 0.6) is 11.6 Å². The Bertz CT molecular complexity index is 1350. The van der Waals surface area contributed by atoms with Gasteiger partial charge >= 0.3 is 13.7 Å². The van der Waals surface area contributed by atoms with Crippen LogP contribution in [-0.4, -0.2) is 74.7 Å². The molecule has 0 saturated carbocycles. The number of benzene rings is 1. The van der Waals surface area contributed by atoms with E-state index in [-0.39, 0.29) is 23.2 Å². The number of hydrogen-bond donors (Lipinski definition) is 4. The second kappa shape index (κ2) is 11.4. The van der Waals surface area contributed by atoms with Crippen molar-refractivity contribution in [3.8, 4) is 11.6 Å². The maximum atomic E-state index is 13.7. The molecular formula is C23H32N7O8P. The Kier molecular flexibility index (Phi) is 8.39. The highest BCUT2D eigenvalue weighted by molar-refractivity contribution is 7.52. The van der Waals surface area contributed by atoms with E-state index in [4.69, 9.17) is 34.7 Å². The lowest BCUT2D eigenvalue weighted by Crippen LogP contribution is -2.52. The van der Waals surface area contributed by atoms with E-state index in [9.17, 15) is 14.5 Å². The molecule has 1 aromatic carbocycles. The molecule has 0 amide bonds. The van der Waals surface area contributed by atoms with Crippen molar-refractivity contribution in [2.45, 2.75) is 50.8 Å². The van der Waals surface area contributed by atoms with Crippen LogP contribution in [-0.2, 0) is 23.4 Å². The van der Waals surface area contributed by atoms with Gasteiger partial charge in [-0.1, -0.05) is 18.2 Å². The van der Waals surface area contributed by atoms with E-state index in [0.717, 1.165) is 0 Å². The number of ether oxygens (including phenoxy) is 3. The van der Waals surface area contributed by atoms with Gasteiger partial charge in [-0.05, 0) is 32.9 Å². The molecule has 0 bridgehead atoms. The zero-order valence-electron chi connectivity index (χ0n) is 21.9. The number of nitrogens with zero attached hydrogens (tertiary/aromatic N) is 4. The minimum Gasteiger partial charge on any atom is -0.476 e. The predicted octanol–water partition coefficient (Wildman–Crippen LogP) is 1.14. The average molecular weight is 566 g/mol. The zero-order chi connectivity index (χ0) is 28.4. The van der Waals surface area contributed by atoms with E-state index in [1.807, 2.05) is 0 Å². The molecule has 16 heteroatoms. The van der Waals surface area contributed by atoms with Gasteiger partial charge in [0.25, 0.3) is 0 Å². The van der Waals surface area contributed by atoms with Gasteiger partial charge in [-0.25, -0.2) is 9.55 Å². The van der Waals surface area contributed by atoms with Crippen molar-refractivity contribution in [3.63, 3.8) is 0 Å². The van der Waals surface area contributed by atoms with Crippen LogP contribution < -0.4 is 25.8 Å². The fraction of sp³-hybridized carbons (Fsp3) is 0.478. The molecule has 0 aliphatic carbocycles. The average Bonchev–Trinajstić information content (AvgIpc) is 3.40. The summed E-state index contributed by atoms with van der Waals surface area (Å²) in [6, 6.07) is 7.23. The number of aliphatic hydroxyl groups is 1. The first-order chi connectivity index (χ1) is 18.5. The fourth-order valence-corrected chi connectivity index (χ4v) is 5.60. The van der Waals surface area contributed by atoms with Crippen molar-refractivity contribution in [1.82, 2.24) is 24.6 Å². The van der Waals surface area contributed by atoms with Gasteiger partial charge in [0.15, 0.2) is 17.4 Å². The lowest BCUT2D eigenvalue weighted by atomic mass is 9.93. The molecule has 0 radical (unpaired) electrons. The molecule has 6 N–H and O–H groups in total. The van der Waals surface area contributed by atoms with Crippen LogP contribution in [0.2, 0.25) is 0 Å². The number of anilines is 1. The molecule has 15 nitrogen and oxygen atoms in total. The van der Waals surface area contributed by atoms with Gasteiger partial charge < -0.3 is 35.3 Å². The summed E-state index contributed by atoms with van der Waals surface area (Å²) in [5.74, 6) is -0.302. The van der Waals surface area contributed by atoms with Crippen molar-refractivity contribution in [3.05, 3.63) is 36.7 Å². The smallest absolute Gasteiger partial charge is 0.459 e. The van der Waals surface area contributed by atoms with Gasteiger partial charge in [-0.3, -0.25) is 13.9 Å². The van der Waals surface area contributed by atoms with Crippen molar-refractivity contribution < 1.29 is 37.7 Å². The largest absolute Gasteiger partial charge is 0.476 e. The molecule has 4 rings (SSSR count). The van der Waals surface area contributed by atoms with Crippen molar-refractivity contribution in [1.29, 1.82) is 0 Å². The van der Waals surface area contributed by atoms with E-state index in [2.05, 4.69) is 20.0 Å². The number of aliphatic hydroxyl groups excluding tert-OH is 1. The van der Waals surface area contributed by atoms with Gasteiger partial charge in [0, 0.05) is 0 Å². The van der Waals surface area contributed by atoms with Gasteiger partial charge in [0.05, 0.1) is 32.2 Å². The number of nitrogens with one attached hydrogen (secondary N) is 1. The third kappa shape index (κ3) is 5.98. The Balaban J connectivity index is 1.58. The lowest BCUT2D eigenvalue weighted by Gasteiger charge is -2.28. The number of hydrogen-bond acceptors (Lipinski definition) is 13. The van der Waals surface area contributed by atoms with E-state index in [1.165, 1.54) is 24.9 Å². The number of carbonyl (C=O) groups excluding carboxylic acids is 1. The monoisotopic (exact) mass is 565 g/mol. The van der Waals surface area contributed by atoms with Gasteiger partial charge in [0.1, 0.15) is 24.0 Å². The highest BCUT2D eigenvalue weighted by Gasteiger charge is 2.53. The SMILES string of the molecule is CCOc1nc(N)nc2c1ncn2C1OC(COP(=O)(NC(C)C(=O)OC)Oc2ccccc2)C(O)C1(C)N. The van der Waals surface area contributed by atoms with Gasteiger partial charge in [-0.2, -0.15) is 15.1 Å². The number of nitrogens with two attached hydrogens (primary N) is 2. The third-order valence-corrected chi connectivity index (χ3v) is 7.69. The Labute approximate surface area is 224 Å². The number of aromatic nitrogens is 4. The molecule has 1 fully saturated rings. The van der Waals surface area contributed by atoms with E-state index in [1.54, 1.807) is 44.2 Å². The van der Waals surface area contributed by atoms with Crippen molar-refractivity contribution in [2.75, 3.05) is 26.1 Å². The quantitative estimate of drug-likeness (QED) is 0.190. The Morgan fingerprint density at radius 1 is 1.33 bits per heavy atom. The highest BCUT2D eigenvalue weighted by Crippen LogP contribution is 2.47. The number of methoxy groups -OCH3 is 1. The zero-order valence-corrected chi connectivity index (χ0v) is 22.8. The van der Waals surface area contributed by atoms with E-state index >= 15 is 0 Å². The molecule has 2 aromatic heterocycles. The fourth-order valence-electron chi connectivity index (χ4n) is 4.09. The summed E-state index contributed by atoms with van der Waals surface area (Å²) in [7, 11) is -2.98. The van der Waals surface area contributed by atoms with Crippen LogP contribution in [0, 0.1) is 0 Å². The van der Waals surface area contributed by atoms with E-state index < -0.39 is 50.3 Å². The maximum Gasteiger partial charge on any atom is 0.459 e. The maximum absolute atomic E-state index is 13.7. The third-order valence-electron chi connectivity index (χ3n) is 6.05. The molecule has 1 aliphatic rings. The summed E-state index contributed by atoms with van der Waals surface area (Å²) in [5.41, 5.74) is 11.6. The molecule has 3 aromatic rings. The summed E-state index contributed by atoms with van der Waals surface area (Å²) in [5, 5.41) is 13.6. The number of esters is 1. The molecule has 0 spiro atoms. The number of rotatable bonds is 11.